The molecular weight excluding hydrogens is 441 g/mol. The summed E-state index contributed by atoms with van der Waals surface area (Å²) in [6, 6.07) is 14.6. The summed E-state index contributed by atoms with van der Waals surface area (Å²) in [6.07, 6.45) is 0.00448. The van der Waals surface area contributed by atoms with Crippen molar-refractivity contribution >= 4 is 17.6 Å². The number of benzene rings is 2. The van der Waals surface area contributed by atoms with E-state index in [1.54, 1.807) is 26.2 Å². The van der Waals surface area contributed by atoms with E-state index in [4.69, 9.17) is 27.5 Å². The molecular formula is C25H24ClF3O3. The highest BCUT2D eigenvalue weighted by atomic mass is 35.5. The van der Waals surface area contributed by atoms with Crippen molar-refractivity contribution in [1.29, 1.82) is 0 Å². The second-order valence-corrected chi connectivity index (χ2v) is 8.72. The van der Waals surface area contributed by atoms with Crippen LogP contribution in [0.15, 0.2) is 48.5 Å². The minimum absolute atomic E-state index is 0.0553. The first-order valence-electron chi connectivity index (χ1n) is 10.1. The third kappa shape index (κ3) is 5.39. The predicted molar refractivity (Wildman–Crippen MR) is 116 cm³/mol. The number of carbonyl (C=O) groups is 1. The van der Waals surface area contributed by atoms with E-state index in [9.17, 15) is 18.0 Å². The maximum Gasteiger partial charge on any atom is 0.389 e. The summed E-state index contributed by atoms with van der Waals surface area (Å²) in [5.74, 6) is 0.739. The molecule has 0 spiro atoms. The molecule has 1 saturated carbocycles. The zero-order chi connectivity index (χ0) is 23.5. The summed E-state index contributed by atoms with van der Waals surface area (Å²) in [6.45, 7) is 1.56. The quantitative estimate of drug-likeness (QED) is 0.261. The molecule has 0 heterocycles. The summed E-state index contributed by atoms with van der Waals surface area (Å²) < 4.78 is 49.2. The van der Waals surface area contributed by atoms with Crippen molar-refractivity contribution in [3.63, 3.8) is 0 Å². The van der Waals surface area contributed by atoms with Gasteiger partial charge in [0, 0.05) is 12.8 Å². The van der Waals surface area contributed by atoms with E-state index >= 15 is 0 Å². The molecule has 4 unspecified atom stereocenters. The van der Waals surface area contributed by atoms with Crippen molar-refractivity contribution in [1.82, 2.24) is 0 Å². The Morgan fingerprint density at radius 2 is 1.91 bits per heavy atom. The molecule has 0 bridgehead atoms. The maximum atomic E-state index is 12.9. The minimum Gasteiger partial charge on any atom is -0.497 e. The molecule has 3 rings (SSSR count). The lowest BCUT2D eigenvalue weighted by atomic mass is 9.99. The summed E-state index contributed by atoms with van der Waals surface area (Å²) in [5, 5.41) is -0.421. The molecule has 4 atom stereocenters. The van der Waals surface area contributed by atoms with Gasteiger partial charge in [0.25, 0.3) is 0 Å². The van der Waals surface area contributed by atoms with Gasteiger partial charge in [-0.1, -0.05) is 43.3 Å². The van der Waals surface area contributed by atoms with Crippen LogP contribution >= 0.6 is 11.6 Å². The van der Waals surface area contributed by atoms with Crippen LogP contribution in [0.4, 0.5) is 13.2 Å². The van der Waals surface area contributed by atoms with Gasteiger partial charge in [-0.2, -0.15) is 13.2 Å². The highest BCUT2D eigenvalue weighted by molar-refractivity contribution is 6.22. The van der Waals surface area contributed by atoms with Crippen molar-refractivity contribution in [2.75, 3.05) is 7.11 Å². The Bertz CT molecular complexity index is 997. The fourth-order valence-electron chi connectivity index (χ4n) is 4.21. The van der Waals surface area contributed by atoms with Crippen molar-refractivity contribution in [2.45, 2.75) is 37.9 Å². The maximum absolute atomic E-state index is 12.9. The topological polar surface area (TPSA) is 35.5 Å². The van der Waals surface area contributed by atoms with Gasteiger partial charge < -0.3 is 9.47 Å². The van der Waals surface area contributed by atoms with Gasteiger partial charge in [-0.3, -0.25) is 4.79 Å². The highest BCUT2D eigenvalue weighted by Gasteiger charge is 2.67. The third-order valence-electron chi connectivity index (χ3n) is 6.07. The van der Waals surface area contributed by atoms with E-state index in [1.165, 1.54) is 0 Å². The van der Waals surface area contributed by atoms with Crippen LogP contribution in [0.3, 0.4) is 0 Å². The lowest BCUT2D eigenvalue weighted by Gasteiger charge is -2.13. The Morgan fingerprint density at radius 3 is 2.50 bits per heavy atom. The van der Waals surface area contributed by atoms with E-state index < -0.39 is 41.2 Å². The molecule has 0 aromatic heterocycles. The number of ether oxygens (including phenoxy) is 2. The van der Waals surface area contributed by atoms with Crippen LogP contribution in [0.2, 0.25) is 0 Å². The smallest absolute Gasteiger partial charge is 0.389 e. The average molecular weight is 465 g/mol. The number of halogens is 4. The molecule has 2 aromatic carbocycles. The molecule has 0 amide bonds. The van der Waals surface area contributed by atoms with E-state index in [0.717, 1.165) is 16.9 Å². The van der Waals surface area contributed by atoms with Gasteiger partial charge in [0.1, 0.15) is 12.4 Å². The summed E-state index contributed by atoms with van der Waals surface area (Å²) in [7, 11) is 1.58. The van der Waals surface area contributed by atoms with Crippen LogP contribution < -0.4 is 4.74 Å². The van der Waals surface area contributed by atoms with Gasteiger partial charge in [-0.15, -0.1) is 23.9 Å². The monoisotopic (exact) mass is 464 g/mol. The van der Waals surface area contributed by atoms with Gasteiger partial charge >= 0.3 is 12.1 Å². The molecule has 0 aliphatic heterocycles. The second-order valence-electron chi connectivity index (χ2n) is 8.28. The lowest BCUT2D eigenvalue weighted by Crippen LogP contribution is -2.13. The molecule has 7 heteroatoms. The van der Waals surface area contributed by atoms with Gasteiger partial charge in [-0.05, 0) is 40.2 Å². The third-order valence-corrected chi connectivity index (χ3v) is 6.58. The van der Waals surface area contributed by atoms with Crippen LogP contribution in [0.5, 0.6) is 5.75 Å². The zero-order valence-electron chi connectivity index (χ0n) is 17.8. The molecule has 3 nitrogen and oxygen atoms in total. The van der Waals surface area contributed by atoms with Crippen LogP contribution in [0.25, 0.3) is 0 Å². The summed E-state index contributed by atoms with van der Waals surface area (Å²) >= 11 is 6.60. The number of methoxy groups -OCH3 is 1. The Labute approximate surface area is 190 Å². The molecule has 1 aliphatic rings. The first kappa shape index (κ1) is 24.0. The lowest BCUT2D eigenvalue weighted by molar-refractivity contribution is -0.150. The van der Waals surface area contributed by atoms with Crippen molar-refractivity contribution in [3.8, 4) is 18.1 Å². The van der Waals surface area contributed by atoms with Crippen molar-refractivity contribution in [3.05, 3.63) is 65.2 Å². The van der Waals surface area contributed by atoms with Gasteiger partial charge in [0.05, 0.1) is 18.4 Å². The van der Waals surface area contributed by atoms with Crippen LogP contribution in [-0.2, 0) is 16.1 Å². The van der Waals surface area contributed by atoms with Gasteiger partial charge in [-0.25, -0.2) is 0 Å². The minimum atomic E-state index is -4.36. The Balaban J connectivity index is 1.65. The number of terminal acetylenes is 1. The Hall–Kier alpha value is -2.65. The number of hydrogen-bond donors (Lipinski definition) is 0. The van der Waals surface area contributed by atoms with E-state index in [1.807, 2.05) is 36.4 Å². The van der Waals surface area contributed by atoms with Crippen molar-refractivity contribution in [2.24, 2.45) is 17.3 Å². The van der Waals surface area contributed by atoms with E-state index in [-0.39, 0.29) is 13.0 Å². The normalized spacial score (nSPS) is 23.2. The van der Waals surface area contributed by atoms with Crippen LogP contribution in [0, 0.1) is 29.6 Å². The van der Waals surface area contributed by atoms with Gasteiger partial charge in [0.2, 0.25) is 0 Å². The standard InChI is InChI=1S/C25H24ClF3O3/c1-4-12-24(2)20(14-25(27,28)29)21(24)23(30)32-15-16-6-5-7-18(13-16)22(26)17-8-10-19(31-3)11-9-17/h1,5-11,13,20-22H,12,14-15H2,2-3H3. The predicted octanol–water partition coefficient (Wildman–Crippen LogP) is 6.29. The van der Waals surface area contributed by atoms with Crippen LogP contribution in [-0.4, -0.2) is 19.3 Å². The Morgan fingerprint density at radius 1 is 1.22 bits per heavy atom. The number of esters is 1. The molecule has 0 N–H and O–H groups in total. The van der Waals surface area contributed by atoms with E-state index in [0.29, 0.717) is 5.56 Å². The van der Waals surface area contributed by atoms with E-state index in [2.05, 4.69) is 5.92 Å². The molecule has 0 saturated heterocycles. The summed E-state index contributed by atoms with van der Waals surface area (Å²) in [5.41, 5.74) is 1.49. The summed E-state index contributed by atoms with van der Waals surface area (Å²) in [4.78, 5) is 12.6. The molecule has 170 valence electrons. The first-order chi connectivity index (χ1) is 15.1. The fraction of sp³-hybridized carbons (Fsp3) is 0.400. The first-order valence-corrected chi connectivity index (χ1v) is 10.6. The SMILES string of the molecule is C#CCC1(C)C(CC(F)(F)F)C1C(=O)OCc1cccc(C(Cl)c2ccc(OC)cc2)c1. The molecule has 2 aromatic rings. The molecule has 1 aliphatic carbocycles. The Kier molecular flexibility index (Phi) is 7.09. The molecule has 32 heavy (non-hydrogen) atoms. The van der Waals surface area contributed by atoms with Gasteiger partial charge in [0.15, 0.2) is 0 Å². The molecule has 1 fully saturated rings. The second kappa shape index (κ2) is 9.46. The fourth-order valence-corrected chi connectivity index (χ4v) is 4.49. The van der Waals surface area contributed by atoms with Crippen molar-refractivity contribution < 1.29 is 27.4 Å². The highest BCUT2D eigenvalue weighted by Crippen LogP contribution is 2.64. The zero-order valence-corrected chi connectivity index (χ0v) is 18.5. The average Bonchev–Trinajstić information content (AvgIpc) is 3.32. The number of alkyl halides is 4. The number of hydrogen-bond acceptors (Lipinski definition) is 3. The number of carbonyl (C=O) groups excluding carboxylic acids is 1. The van der Waals surface area contributed by atoms with Crippen LogP contribution in [0.1, 0.15) is 41.8 Å². The largest absolute Gasteiger partial charge is 0.497 e. The molecule has 0 radical (unpaired) electrons. The number of rotatable bonds is 8.